The molecule has 0 atom stereocenters. The molecule has 0 saturated carbocycles. The quantitative estimate of drug-likeness (QED) is 0.540. The molecule has 0 aliphatic rings. The fourth-order valence-electron chi connectivity index (χ4n) is 0.863. The molecule has 0 unspecified atom stereocenters. The minimum Gasteiger partial charge on any atom is -0.486 e. The highest BCUT2D eigenvalue weighted by Gasteiger charge is 2.07. The first kappa shape index (κ1) is 11.8. The van der Waals surface area contributed by atoms with Crippen LogP contribution in [-0.4, -0.2) is 32.6 Å². The lowest BCUT2D eigenvalue weighted by molar-refractivity contribution is 0.366. The maximum absolute atomic E-state index is 5.19. The van der Waals surface area contributed by atoms with Crippen LogP contribution in [0, 0.1) is 11.5 Å². The first-order chi connectivity index (χ1) is 7.01. The minimum atomic E-state index is -1.33. The van der Waals surface area contributed by atoms with E-state index in [9.17, 15) is 0 Å². The smallest absolute Gasteiger partial charge is 0.232 e. The lowest BCUT2D eigenvalue weighted by atomic mass is 10.2. The van der Waals surface area contributed by atoms with Crippen LogP contribution in [0.3, 0.4) is 0 Å². The molecule has 15 heavy (non-hydrogen) atoms. The van der Waals surface area contributed by atoms with E-state index >= 15 is 0 Å². The van der Waals surface area contributed by atoms with Gasteiger partial charge in [0, 0.05) is 6.07 Å². The number of aromatic nitrogens is 2. The summed E-state index contributed by atoms with van der Waals surface area (Å²) >= 11 is 0. The van der Waals surface area contributed by atoms with Gasteiger partial charge in [0.1, 0.15) is 13.8 Å². The van der Waals surface area contributed by atoms with Crippen LogP contribution in [0.2, 0.25) is 19.6 Å². The van der Waals surface area contributed by atoms with Crippen molar-refractivity contribution in [2.24, 2.45) is 0 Å². The van der Waals surface area contributed by atoms with E-state index in [1.165, 1.54) is 0 Å². The number of nitrogens with zero attached hydrogens (tertiary/aromatic N) is 2. The zero-order chi connectivity index (χ0) is 11.3. The predicted octanol–water partition coefficient (Wildman–Crippen LogP) is 0.675. The maximum Gasteiger partial charge on any atom is 0.232 e. The summed E-state index contributed by atoms with van der Waals surface area (Å²) in [5.41, 5.74) is 3.94. The van der Waals surface area contributed by atoms with E-state index in [0.29, 0.717) is 18.1 Å². The molecular formula is C10H15BN2OSi. The third-order valence-corrected chi connectivity index (χ3v) is 2.37. The normalized spacial score (nSPS) is 10.3. The topological polar surface area (TPSA) is 35.0 Å². The lowest BCUT2D eigenvalue weighted by Crippen LogP contribution is -2.16. The van der Waals surface area contributed by atoms with Gasteiger partial charge in [0.15, 0.2) is 7.85 Å². The first-order valence-corrected chi connectivity index (χ1v) is 8.51. The highest BCUT2D eigenvalue weighted by molar-refractivity contribution is 6.83. The fraction of sp³-hybridized carbons (Fsp3) is 0.400. The molecule has 78 valence electrons. The monoisotopic (exact) mass is 218 g/mol. The van der Waals surface area contributed by atoms with Gasteiger partial charge in [-0.3, -0.25) is 0 Å². The van der Waals surface area contributed by atoms with Crippen molar-refractivity contribution in [2.45, 2.75) is 19.6 Å². The van der Waals surface area contributed by atoms with Gasteiger partial charge in [-0.1, -0.05) is 25.6 Å². The minimum absolute atomic E-state index is 0.552. The molecule has 1 aromatic heterocycles. The number of hydrogen-bond donors (Lipinski definition) is 0. The van der Waals surface area contributed by atoms with Gasteiger partial charge in [-0.15, -0.1) is 15.7 Å². The van der Waals surface area contributed by atoms with Crippen LogP contribution in [0.15, 0.2) is 12.1 Å². The van der Waals surface area contributed by atoms with E-state index in [1.54, 1.807) is 6.07 Å². The second kappa shape index (κ2) is 4.99. The van der Waals surface area contributed by atoms with E-state index in [1.807, 2.05) is 13.9 Å². The Bertz CT molecular complexity index is 375. The molecule has 1 rings (SSSR count). The molecule has 0 radical (unpaired) electrons. The van der Waals surface area contributed by atoms with E-state index in [2.05, 4.69) is 41.3 Å². The van der Waals surface area contributed by atoms with E-state index in [4.69, 9.17) is 4.74 Å². The summed E-state index contributed by atoms with van der Waals surface area (Å²) < 4.78 is 5.19. The van der Waals surface area contributed by atoms with E-state index < -0.39 is 8.07 Å². The number of ether oxygens (including phenoxy) is 1. The van der Waals surface area contributed by atoms with Crippen LogP contribution in [0.5, 0.6) is 5.88 Å². The van der Waals surface area contributed by atoms with Gasteiger partial charge in [-0.2, -0.15) is 0 Å². The zero-order valence-electron chi connectivity index (χ0n) is 9.66. The Labute approximate surface area is 92.7 Å². The Morgan fingerprint density at radius 2 is 2.07 bits per heavy atom. The molecule has 0 aromatic carbocycles. The maximum atomic E-state index is 5.19. The number of hydrogen-bond acceptors (Lipinski definition) is 3. The molecule has 3 nitrogen and oxygen atoms in total. The van der Waals surface area contributed by atoms with Crippen LogP contribution in [0.4, 0.5) is 0 Å². The van der Waals surface area contributed by atoms with Gasteiger partial charge in [-0.25, -0.2) is 0 Å². The predicted molar refractivity (Wildman–Crippen MR) is 66.3 cm³/mol. The SMILES string of the molecule is BCOc1ccc(C#C[Si](C)(C)C)nn1. The highest BCUT2D eigenvalue weighted by atomic mass is 28.3. The molecule has 1 aromatic rings. The molecule has 0 saturated heterocycles. The Hall–Kier alpha value is -1.28. The van der Waals surface area contributed by atoms with Gasteiger partial charge in [0.05, 0.1) is 6.51 Å². The van der Waals surface area contributed by atoms with Gasteiger partial charge >= 0.3 is 0 Å². The molecule has 0 amide bonds. The lowest BCUT2D eigenvalue weighted by Gasteiger charge is -2.03. The molecule has 0 aliphatic heterocycles. The van der Waals surface area contributed by atoms with Gasteiger partial charge in [0.2, 0.25) is 5.88 Å². The largest absolute Gasteiger partial charge is 0.486 e. The van der Waals surface area contributed by atoms with Crippen LogP contribution in [0.1, 0.15) is 5.69 Å². The molecule has 0 N–H and O–H groups in total. The third-order valence-electron chi connectivity index (χ3n) is 1.50. The summed E-state index contributed by atoms with van der Waals surface area (Å²) in [4.78, 5) is 0. The fourth-order valence-corrected chi connectivity index (χ4v) is 1.37. The Balaban J connectivity index is 2.75. The Morgan fingerprint density at radius 1 is 1.33 bits per heavy atom. The van der Waals surface area contributed by atoms with Crippen molar-refractivity contribution >= 4 is 15.9 Å². The molecule has 1 heterocycles. The van der Waals surface area contributed by atoms with Crippen molar-refractivity contribution in [3.8, 4) is 17.3 Å². The molecule has 0 spiro atoms. The van der Waals surface area contributed by atoms with Crippen molar-refractivity contribution in [2.75, 3.05) is 6.51 Å². The summed E-state index contributed by atoms with van der Waals surface area (Å²) in [6, 6.07) is 3.63. The molecule has 5 heteroatoms. The Morgan fingerprint density at radius 3 is 2.53 bits per heavy atom. The highest BCUT2D eigenvalue weighted by Crippen LogP contribution is 2.04. The van der Waals surface area contributed by atoms with Crippen molar-refractivity contribution < 1.29 is 4.74 Å². The molecule has 0 aliphatic carbocycles. The van der Waals surface area contributed by atoms with Gasteiger partial charge in [0.25, 0.3) is 0 Å². The van der Waals surface area contributed by atoms with Crippen molar-refractivity contribution in [1.29, 1.82) is 0 Å². The van der Waals surface area contributed by atoms with Crippen molar-refractivity contribution in [3.05, 3.63) is 17.8 Å². The van der Waals surface area contributed by atoms with E-state index in [0.717, 1.165) is 0 Å². The second-order valence-corrected chi connectivity index (χ2v) is 8.94. The first-order valence-electron chi connectivity index (χ1n) is 5.01. The summed E-state index contributed by atoms with van der Waals surface area (Å²) in [6.07, 6.45) is 0. The van der Waals surface area contributed by atoms with Crippen molar-refractivity contribution in [3.63, 3.8) is 0 Å². The molecular weight excluding hydrogens is 203 g/mol. The zero-order valence-corrected chi connectivity index (χ0v) is 10.7. The molecule has 0 fully saturated rings. The summed E-state index contributed by atoms with van der Waals surface area (Å²) in [5, 5.41) is 7.88. The second-order valence-electron chi connectivity index (χ2n) is 4.19. The molecule has 0 bridgehead atoms. The summed E-state index contributed by atoms with van der Waals surface area (Å²) in [6.45, 7) is 7.20. The van der Waals surface area contributed by atoms with Crippen LogP contribution < -0.4 is 4.74 Å². The number of rotatable bonds is 2. The van der Waals surface area contributed by atoms with Gasteiger partial charge in [-0.05, 0) is 6.07 Å². The van der Waals surface area contributed by atoms with E-state index in [-0.39, 0.29) is 0 Å². The van der Waals surface area contributed by atoms with Gasteiger partial charge < -0.3 is 4.74 Å². The average Bonchev–Trinajstić information content (AvgIpc) is 2.16. The summed E-state index contributed by atoms with van der Waals surface area (Å²) in [7, 11) is 0.588. The summed E-state index contributed by atoms with van der Waals surface area (Å²) in [5.74, 6) is 3.59. The third kappa shape index (κ3) is 4.66. The van der Waals surface area contributed by atoms with Crippen molar-refractivity contribution in [1.82, 2.24) is 10.2 Å². The van der Waals surface area contributed by atoms with Crippen LogP contribution in [0.25, 0.3) is 0 Å². The Kier molecular flexibility index (Phi) is 3.92. The van der Waals surface area contributed by atoms with Crippen LogP contribution >= 0.6 is 0 Å². The van der Waals surface area contributed by atoms with Crippen LogP contribution in [-0.2, 0) is 0 Å². The average molecular weight is 218 g/mol. The standard InChI is InChI=1S/C10H15BN2OSi/c1-15(2,3)7-6-9-4-5-10(13-12-9)14-8-11/h4-5H,8,11H2,1-3H3.